The Hall–Kier alpha value is -3.69. The Labute approximate surface area is 196 Å². The second-order valence-electron chi connectivity index (χ2n) is 8.06. The summed E-state index contributed by atoms with van der Waals surface area (Å²) in [5.41, 5.74) is 3.17. The Balaban J connectivity index is 1.42. The standard InChI is InChI=1S/C25H26N4O5/c1-31-10-11-33-17-8-9-29-21(15-27-23(29)13-17)19-7-6-16-4-3-5-22(24(16)28-19)34-18-12-20(26-14-18)25(30)32-2/h3-9,13,15,18,20,26H,10-12,14H2,1-2H3/t18-,20+/m1/s1. The van der Waals surface area contributed by atoms with Crippen LogP contribution in [0.2, 0.25) is 0 Å². The highest BCUT2D eigenvalue weighted by molar-refractivity contribution is 5.86. The highest BCUT2D eigenvalue weighted by atomic mass is 16.5. The highest BCUT2D eigenvalue weighted by Gasteiger charge is 2.31. The number of nitrogens with one attached hydrogen (secondary N) is 1. The van der Waals surface area contributed by atoms with Crippen LogP contribution in [0, 0.1) is 0 Å². The van der Waals surface area contributed by atoms with E-state index in [1.807, 2.05) is 53.1 Å². The van der Waals surface area contributed by atoms with Crippen LogP contribution in [0.1, 0.15) is 6.42 Å². The van der Waals surface area contributed by atoms with Crippen LogP contribution in [0.25, 0.3) is 27.9 Å². The van der Waals surface area contributed by atoms with Crippen molar-refractivity contribution in [3.05, 3.63) is 54.9 Å². The molecule has 176 valence electrons. The number of esters is 1. The van der Waals surface area contributed by atoms with Crippen LogP contribution in [-0.4, -0.2) is 66.5 Å². The van der Waals surface area contributed by atoms with E-state index in [9.17, 15) is 4.79 Å². The lowest BCUT2D eigenvalue weighted by atomic mass is 10.1. The molecule has 3 aromatic heterocycles. The number of nitrogens with zero attached hydrogens (tertiary/aromatic N) is 3. The summed E-state index contributed by atoms with van der Waals surface area (Å²) < 4.78 is 23.8. The van der Waals surface area contributed by atoms with Gasteiger partial charge in [-0.3, -0.25) is 9.20 Å². The number of carbonyl (C=O) groups excluding carboxylic acids is 1. The maximum absolute atomic E-state index is 11.8. The summed E-state index contributed by atoms with van der Waals surface area (Å²) in [6.07, 6.45) is 4.12. The van der Waals surface area contributed by atoms with Gasteiger partial charge in [-0.1, -0.05) is 18.2 Å². The molecule has 1 N–H and O–H groups in total. The fourth-order valence-corrected chi connectivity index (χ4v) is 4.14. The normalized spacial score (nSPS) is 17.8. The molecule has 0 bridgehead atoms. The molecule has 0 saturated carbocycles. The summed E-state index contributed by atoms with van der Waals surface area (Å²) in [5, 5.41) is 4.12. The van der Waals surface area contributed by atoms with E-state index in [-0.39, 0.29) is 18.1 Å². The summed E-state index contributed by atoms with van der Waals surface area (Å²) in [5.74, 6) is 1.14. The summed E-state index contributed by atoms with van der Waals surface area (Å²) in [7, 11) is 3.04. The van der Waals surface area contributed by atoms with Crippen LogP contribution in [0.15, 0.2) is 54.9 Å². The van der Waals surface area contributed by atoms with E-state index in [0.717, 1.165) is 33.7 Å². The second-order valence-corrected chi connectivity index (χ2v) is 8.06. The van der Waals surface area contributed by atoms with Gasteiger partial charge in [-0.2, -0.15) is 0 Å². The van der Waals surface area contributed by atoms with E-state index in [1.54, 1.807) is 13.3 Å². The Kier molecular flexibility index (Phi) is 6.29. The molecule has 1 aliphatic heterocycles. The first kappa shape index (κ1) is 22.1. The number of fused-ring (bicyclic) bond motifs is 2. The van der Waals surface area contributed by atoms with Gasteiger partial charge in [0.25, 0.3) is 0 Å². The highest BCUT2D eigenvalue weighted by Crippen LogP contribution is 2.30. The molecular weight excluding hydrogens is 436 g/mol. The van der Waals surface area contributed by atoms with Gasteiger partial charge in [0.2, 0.25) is 0 Å². The molecule has 1 aromatic carbocycles. The zero-order valence-corrected chi connectivity index (χ0v) is 19.1. The minimum absolute atomic E-state index is 0.146. The smallest absolute Gasteiger partial charge is 0.323 e. The molecule has 1 fully saturated rings. The molecular formula is C25H26N4O5. The monoisotopic (exact) mass is 462 g/mol. The molecule has 9 heteroatoms. The summed E-state index contributed by atoms with van der Waals surface area (Å²) in [4.78, 5) is 21.3. The zero-order valence-electron chi connectivity index (χ0n) is 19.1. The fraction of sp³-hybridized carbons (Fsp3) is 0.320. The van der Waals surface area contributed by atoms with Crippen molar-refractivity contribution in [3.63, 3.8) is 0 Å². The lowest BCUT2D eigenvalue weighted by Gasteiger charge is -2.15. The quantitative estimate of drug-likeness (QED) is 0.316. The Morgan fingerprint density at radius 3 is 2.94 bits per heavy atom. The van der Waals surface area contributed by atoms with Crippen molar-refractivity contribution in [2.75, 3.05) is 34.0 Å². The van der Waals surface area contributed by atoms with Crippen LogP contribution in [0.4, 0.5) is 0 Å². The number of para-hydroxylation sites is 1. The van der Waals surface area contributed by atoms with Gasteiger partial charge in [0.15, 0.2) is 0 Å². The van der Waals surface area contributed by atoms with Gasteiger partial charge >= 0.3 is 5.97 Å². The summed E-state index contributed by atoms with van der Waals surface area (Å²) in [6.45, 7) is 1.57. The van der Waals surface area contributed by atoms with Gasteiger partial charge in [-0.15, -0.1) is 0 Å². The topological polar surface area (TPSA) is 96.2 Å². The second kappa shape index (κ2) is 9.66. The average molecular weight is 463 g/mol. The number of ether oxygens (including phenoxy) is 4. The Bertz CT molecular complexity index is 1320. The third-order valence-corrected chi connectivity index (χ3v) is 5.86. The number of rotatable bonds is 8. The van der Waals surface area contributed by atoms with E-state index in [4.69, 9.17) is 23.9 Å². The minimum Gasteiger partial charge on any atom is -0.491 e. The average Bonchev–Trinajstić information content (AvgIpc) is 3.51. The van der Waals surface area contributed by atoms with Crippen molar-refractivity contribution >= 4 is 22.5 Å². The molecule has 2 atom stereocenters. The number of benzene rings is 1. The third-order valence-electron chi connectivity index (χ3n) is 5.86. The van der Waals surface area contributed by atoms with Gasteiger partial charge in [0.05, 0.1) is 31.3 Å². The van der Waals surface area contributed by atoms with Crippen LogP contribution >= 0.6 is 0 Å². The molecule has 0 unspecified atom stereocenters. The maximum Gasteiger partial charge on any atom is 0.323 e. The lowest BCUT2D eigenvalue weighted by molar-refractivity contribution is -0.142. The third kappa shape index (κ3) is 4.40. The molecule has 1 aliphatic rings. The van der Waals surface area contributed by atoms with Crippen LogP contribution in [0.5, 0.6) is 11.5 Å². The van der Waals surface area contributed by atoms with Gasteiger partial charge < -0.3 is 24.3 Å². The van der Waals surface area contributed by atoms with Crippen molar-refractivity contribution in [2.24, 2.45) is 0 Å². The van der Waals surface area contributed by atoms with Crippen molar-refractivity contribution in [3.8, 4) is 22.9 Å². The molecule has 0 radical (unpaired) electrons. The number of hydrogen-bond donors (Lipinski definition) is 1. The lowest BCUT2D eigenvalue weighted by Crippen LogP contribution is -2.31. The van der Waals surface area contributed by atoms with Crippen LogP contribution < -0.4 is 14.8 Å². The van der Waals surface area contributed by atoms with Crippen molar-refractivity contribution in [2.45, 2.75) is 18.6 Å². The molecule has 1 saturated heterocycles. The van der Waals surface area contributed by atoms with E-state index < -0.39 is 0 Å². The number of carbonyl (C=O) groups is 1. The van der Waals surface area contributed by atoms with Crippen LogP contribution in [0.3, 0.4) is 0 Å². The number of pyridine rings is 2. The van der Waals surface area contributed by atoms with Gasteiger partial charge in [0, 0.05) is 37.7 Å². The predicted octanol–water partition coefficient (Wildman–Crippen LogP) is 2.86. The van der Waals surface area contributed by atoms with Crippen molar-refractivity contribution in [1.29, 1.82) is 0 Å². The molecule has 34 heavy (non-hydrogen) atoms. The molecule has 5 rings (SSSR count). The van der Waals surface area contributed by atoms with E-state index in [1.165, 1.54) is 7.11 Å². The van der Waals surface area contributed by atoms with Gasteiger partial charge in [0.1, 0.15) is 41.4 Å². The predicted molar refractivity (Wildman–Crippen MR) is 126 cm³/mol. The molecule has 0 spiro atoms. The first-order valence-corrected chi connectivity index (χ1v) is 11.1. The number of aromatic nitrogens is 3. The van der Waals surface area contributed by atoms with Crippen LogP contribution in [-0.2, 0) is 14.3 Å². The van der Waals surface area contributed by atoms with Gasteiger partial charge in [-0.05, 0) is 18.2 Å². The number of hydrogen-bond acceptors (Lipinski definition) is 8. The Morgan fingerprint density at radius 2 is 2.09 bits per heavy atom. The number of methoxy groups -OCH3 is 2. The zero-order chi connectivity index (χ0) is 23.5. The fourth-order valence-electron chi connectivity index (χ4n) is 4.14. The summed E-state index contributed by atoms with van der Waals surface area (Å²) >= 11 is 0. The molecule has 4 heterocycles. The molecule has 0 amide bonds. The Morgan fingerprint density at radius 1 is 1.18 bits per heavy atom. The van der Waals surface area contributed by atoms with Gasteiger partial charge in [-0.25, -0.2) is 9.97 Å². The largest absolute Gasteiger partial charge is 0.491 e. The first-order chi connectivity index (χ1) is 16.7. The molecule has 0 aliphatic carbocycles. The van der Waals surface area contributed by atoms with Crippen molar-refractivity contribution < 1.29 is 23.7 Å². The maximum atomic E-state index is 11.8. The van der Waals surface area contributed by atoms with Crippen molar-refractivity contribution in [1.82, 2.24) is 19.7 Å². The van der Waals surface area contributed by atoms with E-state index in [2.05, 4.69) is 10.3 Å². The van der Waals surface area contributed by atoms with E-state index in [0.29, 0.717) is 31.9 Å². The SMILES string of the molecule is COCCOc1ccn2c(-c3ccc4cccc(O[C@H]5CN[C@H](C(=O)OC)C5)c4n3)cnc2c1. The molecule has 9 nitrogen and oxygen atoms in total. The summed E-state index contributed by atoms with van der Waals surface area (Å²) in [6, 6.07) is 13.3. The molecule has 4 aromatic rings. The first-order valence-electron chi connectivity index (χ1n) is 11.1. The van der Waals surface area contributed by atoms with E-state index >= 15 is 0 Å². The number of imidazole rings is 1. The minimum atomic E-state index is -0.352.